The SMILES string of the molecule is CCNc1cc(C(=O)NCC(C)(C)CC)cc(C)n1. The number of hydrogen-bond acceptors (Lipinski definition) is 3. The summed E-state index contributed by atoms with van der Waals surface area (Å²) in [6, 6.07) is 3.61. The number of rotatable bonds is 6. The number of carbonyl (C=O) groups excluding carboxylic acids is 1. The van der Waals surface area contributed by atoms with Crippen LogP contribution in [0.5, 0.6) is 0 Å². The van der Waals surface area contributed by atoms with Gasteiger partial charge in [-0.1, -0.05) is 20.8 Å². The van der Waals surface area contributed by atoms with E-state index in [1.165, 1.54) is 0 Å². The number of amides is 1. The molecule has 4 nitrogen and oxygen atoms in total. The Kier molecular flexibility index (Phi) is 5.33. The summed E-state index contributed by atoms with van der Waals surface area (Å²) in [4.78, 5) is 16.5. The van der Waals surface area contributed by atoms with Crippen LogP contribution in [0, 0.1) is 12.3 Å². The minimum Gasteiger partial charge on any atom is -0.370 e. The Morgan fingerprint density at radius 2 is 2.00 bits per heavy atom. The molecule has 0 radical (unpaired) electrons. The van der Waals surface area contributed by atoms with Crippen molar-refractivity contribution in [3.05, 3.63) is 23.4 Å². The zero-order valence-corrected chi connectivity index (χ0v) is 12.6. The van der Waals surface area contributed by atoms with Crippen molar-refractivity contribution in [2.24, 2.45) is 5.41 Å². The number of pyridine rings is 1. The first kappa shape index (κ1) is 15.5. The van der Waals surface area contributed by atoms with Crippen LogP contribution in [0.2, 0.25) is 0 Å². The van der Waals surface area contributed by atoms with Gasteiger partial charge in [-0.15, -0.1) is 0 Å². The molecule has 2 N–H and O–H groups in total. The quantitative estimate of drug-likeness (QED) is 0.829. The van der Waals surface area contributed by atoms with Crippen LogP contribution in [-0.2, 0) is 0 Å². The molecule has 1 amide bonds. The molecule has 106 valence electrons. The molecule has 1 rings (SSSR count). The van der Waals surface area contributed by atoms with Crippen LogP contribution in [0.15, 0.2) is 12.1 Å². The Hall–Kier alpha value is -1.58. The van der Waals surface area contributed by atoms with Gasteiger partial charge < -0.3 is 10.6 Å². The topological polar surface area (TPSA) is 54.0 Å². The average Bonchev–Trinajstić information content (AvgIpc) is 2.36. The molecule has 0 unspecified atom stereocenters. The second-order valence-electron chi connectivity index (χ2n) is 5.61. The molecule has 0 bridgehead atoms. The molecule has 19 heavy (non-hydrogen) atoms. The van der Waals surface area contributed by atoms with Gasteiger partial charge in [0.15, 0.2) is 0 Å². The van der Waals surface area contributed by atoms with E-state index in [4.69, 9.17) is 0 Å². The number of nitrogens with zero attached hydrogens (tertiary/aromatic N) is 1. The summed E-state index contributed by atoms with van der Waals surface area (Å²) in [5, 5.41) is 6.13. The van der Waals surface area contributed by atoms with E-state index in [-0.39, 0.29) is 11.3 Å². The lowest BCUT2D eigenvalue weighted by Crippen LogP contribution is -2.33. The van der Waals surface area contributed by atoms with Crippen molar-refractivity contribution in [2.75, 3.05) is 18.4 Å². The van der Waals surface area contributed by atoms with Crippen LogP contribution in [0.4, 0.5) is 5.82 Å². The van der Waals surface area contributed by atoms with E-state index < -0.39 is 0 Å². The second-order valence-corrected chi connectivity index (χ2v) is 5.61. The van der Waals surface area contributed by atoms with Crippen LogP contribution < -0.4 is 10.6 Å². The molecule has 4 heteroatoms. The smallest absolute Gasteiger partial charge is 0.251 e. The third kappa shape index (κ3) is 4.89. The molecule has 0 fully saturated rings. The number of carbonyl (C=O) groups is 1. The van der Waals surface area contributed by atoms with E-state index in [2.05, 4.69) is 36.4 Å². The normalized spacial score (nSPS) is 11.2. The van der Waals surface area contributed by atoms with Crippen LogP contribution in [-0.4, -0.2) is 24.0 Å². The first-order chi connectivity index (χ1) is 8.88. The fraction of sp³-hybridized carbons (Fsp3) is 0.600. The predicted molar refractivity (Wildman–Crippen MR) is 79.5 cm³/mol. The van der Waals surface area contributed by atoms with Gasteiger partial charge in [-0.05, 0) is 37.8 Å². The van der Waals surface area contributed by atoms with Crippen molar-refractivity contribution in [3.63, 3.8) is 0 Å². The predicted octanol–water partition coefficient (Wildman–Crippen LogP) is 2.99. The van der Waals surface area contributed by atoms with Gasteiger partial charge in [-0.2, -0.15) is 0 Å². The highest BCUT2D eigenvalue weighted by Gasteiger charge is 2.17. The van der Waals surface area contributed by atoms with E-state index >= 15 is 0 Å². The first-order valence-electron chi connectivity index (χ1n) is 6.88. The Balaban J connectivity index is 2.76. The molecule has 0 saturated heterocycles. The summed E-state index contributed by atoms with van der Waals surface area (Å²) in [5.41, 5.74) is 1.64. The van der Waals surface area contributed by atoms with E-state index in [0.29, 0.717) is 12.1 Å². The van der Waals surface area contributed by atoms with Crippen molar-refractivity contribution in [1.29, 1.82) is 0 Å². The summed E-state index contributed by atoms with van der Waals surface area (Å²) >= 11 is 0. The molecule has 0 aromatic carbocycles. The van der Waals surface area contributed by atoms with Crippen LogP contribution in [0.1, 0.15) is 50.2 Å². The van der Waals surface area contributed by atoms with Gasteiger partial charge >= 0.3 is 0 Å². The highest BCUT2D eigenvalue weighted by Crippen LogP contribution is 2.18. The zero-order valence-electron chi connectivity index (χ0n) is 12.6. The first-order valence-corrected chi connectivity index (χ1v) is 6.88. The highest BCUT2D eigenvalue weighted by molar-refractivity contribution is 5.95. The van der Waals surface area contributed by atoms with Gasteiger partial charge in [-0.3, -0.25) is 4.79 Å². The monoisotopic (exact) mass is 263 g/mol. The number of hydrogen-bond donors (Lipinski definition) is 2. The van der Waals surface area contributed by atoms with Gasteiger partial charge in [0, 0.05) is 24.3 Å². The molecular weight excluding hydrogens is 238 g/mol. The minimum absolute atomic E-state index is 0.0359. The van der Waals surface area contributed by atoms with Gasteiger partial charge in [0.2, 0.25) is 0 Å². The average molecular weight is 263 g/mol. The van der Waals surface area contributed by atoms with Crippen molar-refractivity contribution in [2.45, 2.75) is 41.0 Å². The van der Waals surface area contributed by atoms with Crippen molar-refractivity contribution in [3.8, 4) is 0 Å². The maximum Gasteiger partial charge on any atom is 0.251 e. The van der Waals surface area contributed by atoms with Gasteiger partial charge in [-0.25, -0.2) is 4.98 Å². The lowest BCUT2D eigenvalue weighted by molar-refractivity contribution is 0.0935. The van der Waals surface area contributed by atoms with Crippen LogP contribution >= 0.6 is 0 Å². The van der Waals surface area contributed by atoms with Gasteiger partial charge in [0.05, 0.1) is 0 Å². The summed E-state index contributed by atoms with van der Waals surface area (Å²) in [6.45, 7) is 11.8. The number of nitrogens with one attached hydrogen (secondary N) is 2. The Bertz CT molecular complexity index is 441. The molecule has 0 aliphatic rings. The number of aromatic nitrogens is 1. The second kappa shape index (κ2) is 6.55. The largest absolute Gasteiger partial charge is 0.370 e. The van der Waals surface area contributed by atoms with Gasteiger partial charge in [0.25, 0.3) is 5.91 Å². The number of anilines is 1. The van der Waals surface area contributed by atoms with E-state index in [0.717, 1.165) is 24.5 Å². The van der Waals surface area contributed by atoms with Crippen molar-refractivity contribution >= 4 is 11.7 Å². The summed E-state index contributed by atoms with van der Waals surface area (Å²) < 4.78 is 0. The molecule has 1 heterocycles. The minimum atomic E-state index is -0.0359. The van der Waals surface area contributed by atoms with E-state index in [9.17, 15) is 4.79 Å². The maximum atomic E-state index is 12.1. The lowest BCUT2D eigenvalue weighted by Gasteiger charge is -2.22. The molecule has 1 aromatic heterocycles. The lowest BCUT2D eigenvalue weighted by atomic mass is 9.90. The van der Waals surface area contributed by atoms with Gasteiger partial charge in [0.1, 0.15) is 5.82 Å². The fourth-order valence-corrected chi connectivity index (χ4v) is 1.62. The van der Waals surface area contributed by atoms with E-state index in [1.54, 1.807) is 6.07 Å². The van der Waals surface area contributed by atoms with Crippen LogP contribution in [0.3, 0.4) is 0 Å². The van der Waals surface area contributed by atoms with Crippen LogP contribution in [0.25, 0.3) is 0 Å². The molecule has 0 atom stereocenters. The maximum absolute atomic E-state index is 12.1. The Morgan fingerprint density at radius 1 is 1.32 bits per heavy atom. The third-order valence-corrected chi connectivity index (χ3v) is 3.26. The Labute approximate surface area is 116 Å². The molecule has 1 aromatic rings. The summed E-state index contributed by atoms with van der Waals surface area (Å²) in [6.07, 6.45) is 1.03. The molecule has 0 aliphatic heterocycles. The third-order valence-electron chi connectivity index (χ3n) is 3.26. The number of aryl methyl sites for hydroxylation is 1. The van der Waals surface area contributed by atoms with Crippen molar-refractivity contribution < 1.29 is 4.79 Å². The van der Waals surface area contributed by atoms with Crippen molar-refractivity contribution in [1.82, 2.24) is 10.3 Å². The summed E-state index contributed by atoms with van der Waals surface area (Å²) in [5.74, 6) is 0.716. The highest BCUT2D eigenvalue weighted by atomic mass is 16.1. The molecule has 0 aliphatic carbocycles. The zero-order chi connectivity index (χ0) is 14.5. The molecule has 0 saturated carbocycles. The van der Waals surface area contributed by atoms with E-state index in [1.807, 2.05) is 19.9 Å². The molecular formula is C15H25N3O. The Morgan fingerprint density at radius 3 is 2.58 bits per heavy atom. The standard InChI is InChI=1S/C15H25N3O/c1-6-15(4,5)10-17-14(19)12-8-11(3)18-13(9-12)16-7-2/h8-9H,6-7,10H2,1-5H3,(H,16,18)(H,17,19). The fourth-order valence-electron chi connectivity index (χ4n) is 1.62. The summed E-state index contributed by atoms with van der Waals surface area (Å²) in [7, 11) is 0. The molecule has 0 spiro atoms.